The molecule has 0 spiro atoms. The fourth-order valence-corrected chi connectivity index (χ4v) is 6.40. The van der Waals surface area contributed by atoms with E-state index in [4.69, 9.17) is 4.74 Å². The van der Waals surface area contributed by atoms with E-state index in [0.717, 1.165) is 37.9 Å². The first-order valence-electron chi connectivity index (χ1n) is 14.8. The van der Waals surface area contributed by atoms with Crippen molar-refractivity contribution in [3.63, 3.8) is 0 Å². The maximum absolute atomic E-state index is 14.2. The number of ether oxygens (including phenoxy) is 1. The van der Waals surface area contributed by atoms with E-state index in [1.54, 1.807) is 29.1 Å². The lowest BCUT2D eigenvalue weighted by molar-refractivity contribution is 0.0454. The summed E-state index contributed by atoms with van der Waals surface area (Å²) in [7, 11) is -3.53. The molecule has 2 N–H and O–H groups in total. The molecule has 0 atom stereocenters. The van der Waals surface area contributed by atoms with Gasteiger partial charge in [0.1, 0.15) is 17.2 Å². The number of fused-ring (bicyclic) bond motifs is 1. The topological polar surface area (TPSA) is 122 Å². The highest BCUT2D eigenvalue weighted by Gasteiger charge is 2.25. The molecule has 0 saturated carbocycles. The number of hydrogen-bond acceptors (Lipinski definition) is 7. The molecule has 4 aromatic rings. The van der Waals surface area contributed by atoms with Crippen molar-refractivity contribution >= 4 is 26.9 Å². The zero-order valence-corrected chi connectivity index (χ0v) is 25.7. The molecule has 0 aliphatic carbocycles. The number of aromatic nitrogens is 4. The van der Waals surface area contributed by atoms with Gasteiger partial charge in [0.2, 0.25) is 10.0 Å². The van der Waals surface area contributed by atoms with Crippen LogP contribution in [0.1, 0.15) is 49.7 Å². The van der Waals surface area contributed by atoms with E-state index in [9.17, 15) is 17.6 Å². The highest BCUT2D eigenvalue weighted by molar-refractivity contribution is 7.89. The zero-order valence-electron chi connectivity index (χ0n) is 24.8. The van der Waals surface area contributed by atoms with Gasteiger partial charge in [0.25, 0.3) is 0 Å². The summed E-state index contributed by atoms with van der Waals surface area (Å²) >= 11 is 0. The maximum Gasteiger partial charge on any atom is 0.355 e. The molecule has 1 aliphatic heterocycles. The molecule has 2 aromatic carbocycles. The summed E-state index contributed by atoms with van der Waals surface area (Å²) in [5.41, 5.74) is 2.90. The number of aromatic amines is 1. The maximum atomic E-state index is 14.2. The molecule has 0 bridgehead atoms. The SMILES string of the molecule is CCc1ccc(S(=O)(=O)NCCN2CCC(Cn3cc(-c4c(C(=O)OCC(C)C)[nH]c5ccc(F)cc45)nn3)CC2)cc1. The first-order chi connectivity index (χ1) is 20.6. The first kappa shape index (κ1) is 30.8. The van der Waals surface area contributed by atoms with Gasteiger partial charge in [-0.2, -0.15) is 0 Å². The number of benzene rings is 2. The minimum Gasteiger partial charge on any atom is -0.461 e. The molecule has 0 amide bonds. The molecular formula is C31H39FN6O4S. The number of nitrogens with one attached hydrogen (secondary N) is 2. The molecule has 2 aromatic heterocycles. The second-order valence-electron chi connectivity index (χ2n) is 11.6. The third kappa shape index (κ3) is 7.49. The molecule has 43 heavy (non-hydrogen) atoms. The van der Waals surface area contributed by atoms with Crippen molar-refractivity contribution < 1.29 is 22.3 Å². The van der Waals surface area contributed by atoms with Crippen LogP contribution >= 0.6 is 0 Å². The van der Waals surface area contributed by atoms with Crippen LogP contribution in [-0.4, -0.2) is 72.1 Å². The second kappa shape index (κ2) is 13.4. The number of likely N-dealkylation sites (tertiary alicyclic amines) is 1. The van der Waals surface area contributed by atoms with Gasteiger partial charge in [0.05, 0.1) is 17.7 Å². The Kier molecular flexibility index (Phi) is 9.58. The van der Waals surface area contributed by atoms with Crippen LogP contribution in [0.25, 0.3) is 22.2 Å². The summed E-state index contributed by atoms with van der Waals surface area (Å²) in [6.07, 6.45) is 4.53. The van der Waals surface area contributed by atoms with Crippen molar-refractivity contribution in [1.82, 2.24) is 29.6 Å². The Morgan fingerprint density at radius 1 is 1.16 bits per heavy atom. The highest BCUT2D eigenvalue weighted by atomic mass is 32.2. The van der Waals surface area contributed by atoms with Gasteiger partial charge in [0, 0.05) is 36.1 Å². The van der Waals surface area contributed by atoms with Crippen LogP contribution in [0.4, 0.5) is 4.39 Å². The van der Waals surface area contributed by atoms with Gasteiger partial charge in [-0.15, -0.1) is 5.10 Å². The van der Waals surface area contributed by atoms with E-state index in [2.05, 4.69) is 24.9 Å². The molecule has 10 nitrogen and oxygen atoms in total. The third-order valence-corrected chi connectivity index (χ3v) is 9.30. The Labute approximate surface area is 251 Å². The molecule has 3 heterocycles. The average molecular weight is 611 g/mol. The number of carbonyl (C=O) groups is 1. The van der Waals surface area contributed by atoms with Gasteiger partial charge in [0.15, 0.2) is 0 Å². The molecule has 5 rings (SSSR count). The number of carbonyl (C=O) groups excluding carboxylic acids is 1. The average Bonchev–Trinajstić information content (AvgIpc) is 3.60. The predicted octanol–water partition coefficient (Wildman–Crippen LogP) is 4.63. The van der Waals surface area contributed by atoms with Crippen molar-refractivity contribution in [2.75, 3.05) is 32.8 Å². The summed E-state index contributed by atoms with van der Waals surface area (Å²) in [5.74, 6) is -0.379. The van der Waals surface area contributed by atoms with Gasteiger partial charge < -0.3 is 14.6 Å². The fourth-order valence-electron chi connectivity index (χ4n) is 5.38. The number of nitrogens with zero attached hydrogens (tertiary/aromatic N) is 4. The van der Waals surface area contributed by atoms with E-state index < -0.39 is 21.8 Å². The van der Waals surface area contributed by atoms with Gasteiger partial charge in [-0.1, -0.05) is 38.1 Å². The molecule has 1 saturated heterocycles. The van der Waals surface area contributed by atoms with Crippen LogP contribution in [-0.2, 0) is 27.7 Å². The van der Waals surface area contributed by atoms with Crippen LogP contribution in [0.3, 0.4) is 0 Å². The Morgan fingerprint density at radius 2 is 1.91 bits per heavy atom. The quantitative estimate of drug-likeness (QED) is 0.224. The highest BCUT2D eigenvalue weighted by Crippen LogP contribution is 2.32. The second-order valence-corrected chi connectivity index (χ2v) is 13.3. The minimum absolute atomic E-state index is 0.175. The lowest BCUT2D eigenvalue weighted by Gasteiger charge is -2.31. The Hall–Kier alpha value is -3.61. The van der Waals surface area contributed by atoms with Crippen molar-refractivity contribution in [2.24, 2.45) is 11.8 Å². The molecule has 1 fully saturated rings. The molecular weight excluding hydrogens is 571 g/mol. The van der Waals surface area contributed by atoms with E-state index in [1.807, 2.05) is 32.9 Å². The van der Waals surface area contributed by atoms with E-state index in [0.29, 0.717) is 47.7 Å². The number of halogens is 1. The number of aryl methyl sites for hydroxylation is 1. The monoisotopic (exact) mass is 610 g/mol. The number of piperidine rings is 1. The van der Waals surface area contributed by atoms with Gasteiger partial charge in [-0.05, 0) is 80.1 Å². The Morgan fingerprint density at radius 3 is 2.60 bits per heavy atom. The summed E-state index contributed by atoms with van der Waals surface area (Å²) in [6, 6.07) is 11.3. The predicted molar refractivity (Wildman–Crippen MR) is 163 cm³/mol. The Bertz CT molecular complexity index is 1660. The summed E-state index contributed by atoms with van der Waals surface area (Å²) in [6.45, 7) is 9.57. The number of sulfonamides is 1. The number of rotatable bonds is 12. The molecule has 230 valence electrons. The lowest BCUT2D eigenvalue weighted by Crippen LogP contribution is -2.40. The number of esters is 1. The van der Waals surface area contributed by atoms with Crippen molar-refractivity contribution in [3.05, 3.63) is 65.7 Å². The summed E-state index contributed by atoms with van der Waals surface area (Å²) in [5, 5.41) is 9.21. The van der Waals surface area contributed by atoms with Gasteiger partial charge in [-0.25, -0.2) is 22.3 Å². The standard InChI is InChI=1S/C31H39FN6O4S/c1-4-22-5-8-25(9-6-22)43(40,41)33-13-16-37-14-11-23(12-15-37)18-38-19-28(35-36-38)29-26-17-24(32)7-10-27(26)34-30(29)31(39)42-20-21(2)3/h5-10,17,19,21,23,33-34H,4,11-16,18,20H2,1-3H3. The van der Waals surface area contributed by atoms with Crippen LogP contribution < -0.4 is 4.72 Å². The zero-order chi connectivity index (χ0) is 30.6. The lowest BCUT2D eigenvalue weighted by atomic mass is 9.97. The van der Waals surface area contributed by atoms with Crippen LogP contribution in [0, 0.1) is 17.7 Å². The Balaban J connectivity index is 1.17. The van der Waals surface area contributed by atoms with Crippen LogP contribution in [0.2, 0.25) is 0 Å². The summed E-state index contributed by atoms with van der Waals surface area (Å²) in [4.78, 5) is 18.6. The van der Waals surface area contributed by atoms with E-state index in [-0.39, 0.29) is 23.1 Å². The number of hydrogen-bond donors (Lipinski definition) is 2. The van der Waals surface area contributed by atoms with Gasteiger partial charge in [-0.3, -0.25) is 4.68 Å². The fraction of sp³-hybridized carbons (Fsp3) is 0.452. The number of H-pyrrole nitrogens is 1. The normalized spacial score (nSPS) is 15.0. The smallest absolute Gasteiger partial charge is 0.355 e. The molecule has 0 unspecified atom stereocenters. The molecule has 0 radical (unpaired) electrons. The van der Waals surface area contributed by atoms with E-state index >= 15 is 0 Å². The molecule has 1 aliphatic rings. The minimum atomic E-state index is -3.53. The molecule has 12 heteroatoms. The largest absolute Gasteiger partial charge is 0.461 e. The van der Waals surface area contributed by atoms with E-state index in [1.165, 1.54) is 12.1 Å². The van der Waals surface area contributed by atoms with Crippen LogP contribution in [0.15, 0.2) is 53.6 Å². The first-order valence-corrected chi connectivity index (χ1v) is 16.3. The van der Waals surface area contributed by atoms with Crippen molar-refractivity contribution in [1.29, 1.82) is 0 Å². The third-order valence-electron chi connectivity index (χ3n) is 7.82. The van der Waals surface area contributed by atoms with Crippen molar-refractivity contribution in [2.45, 2.75) is 51.5 Å². The van der Waals surface area contributed by atoms with Gasteiger partial charge >= 0.3 is 5.97 Å². The summed E-state index contributed by atoms with van der Waals surface area (Å²) < 4.78 is 49.4. The van der Waals surface area contributed by atoms with Crippen LogP contribution in [0.5, 0.6) is 0 Å². The van der Waals surface area contributed by atoms with Crippen molar-refractivity contribution in [3.8, 4) is 11.3 Å².